The summed E-state index contributed by atoms with van der Waals surface area (Å²) in [6, 6.07) is 12.4. The Bertz CT molecular complexity index is 1130. The van der Waals surface area contributed by atoms with Crippen LogP contribution >= 0.6 is 15.9 Å². The molecule has 2 aromatic rings. The van der Waals surface area contributed by atoms with E-state index in [1.807, 2.05) is 25.1 Å². The lowest BCUT2D eigenvalue weighted by Crippen LogP contribution is -2.38. The number of ether oxygens (including phenoxy) is 1. The minimum absolute atomic E-state index is 0.0256. The monoisotopic (exact) mass is 569 g/mol. The molecule has 0 spiro atoms. The van der Waals surface area contributed by atoms with Gasteiger partial charge >= 0.3 is 12.1 Å². The predicted octanol–water partition coefficient (Wildman–Crippen LogP) is 4.79. The lowest BCUT2D eigenvalue weighted by molar-refractivity contribution is -0.192. The van der Waals surface area contributed by atoms with Crippen molar-refractivity contribution in [2.45, 2.75) is 51.1 Å². The lowest BCUT2D eigenvalue weighted by atomic mass is 10.0. The van der Waals surface area contributed by atoms with Gasteiger partial charge in [0.05, 0.1) is 19.3 Å². The first kappa shape index (κ1) is 27.8. The Morgan fingerprint density at radius 3 is 2.67 bits per heavy atom. The van der Waals surface area contributed by atoms with E-state index in [4.69, 9.17) is 14.6 Å². The smallest absolute Gasteiger partial charge is 0.475 e. The van der Waals surface area contributed by atoms with Crippen molar-refractivity contribution in [3.63, 3.8) is 0 Å². The van der Waals surface area contributed by atoms with Gasteiger partial charge in [0.1, 0.15) is 10.4 Å². The third kappa shape index (κ3) is 7.37. The average Bonchev–Trinajstić information content (AvgIpc) is 3.35. The fraction of sp³-hybridized carbons (Fsp3) is 0.400. The number of carboxylic acid groups (broad SMARTS) is 1. The number of nitrogens with zero attached hydrogens (tertiary/aromatic N) is 1. The molecule has 1 saturated heterocycles. The van der Waals surface area contributed by atoms with Crippen LogP contribution < -0.4 is 10.6 Å². The Morgan fingerprint density at radius 1 is 1.31 bits per heavy atom. The van der Waals surface area contributed by atoms with E-state index in [9.17, 15) is 18.0 Å². The molecule has 11 heteroatoms. The van der Waals surface area contributed by atoms with Gasteiger partial charge < -0.3 is 20.5 Å². The summed E-state index contributed by atoms with van der Waals surface area (Å²) in [5.41, 5.74) is 3.45. The first-order valence-electron chi connectivity index (χ1n) is 11.2. The number of rotatable bonds is 8. The minimum atomic E-state index is -5.08. The van der Waals surface area contributed by atoms with Crippen LogP contribution in [-0.4, -0.2) is 46.8 Å². The summed E-state index contributed by atoms with van der Waals surface area (Å²) in [5, 5.41) is 13.5. The highest BCUT2D eigenvalue weighted by atomic mass is 79.9. The zero-order chi connectivity index (χ0) is 26.5. The molecular formula is C25H27BrF3N3O4. The number of hydrogen-bond acceptors (Lipinski definition) is 5. The van der Waals surface area contributed by atoms with Crippen molar-refractivity contribution in [2.75, 3.05) is 11.9 Å². The number of aliphatic carboxylic acids is 1. The number of alkyl halides is 3. The van der Waals surface area contributed by atoms with E-state index in [0.29, 0.717) is 29.7 Å². The van der Waals surface area contributed by atoms with Crippen LogP contribution in [0, 0.1) is 12.3 Å². The van der Waals surface area contributed by atoms with Gasteiger partial charge in [-0.15, -0.1) is 6.58 Å². The number of carbonyl (C=O) groups excluding carboxylic acids is 1. The van der Waals surface area contributed by atoms with Crippen LogP contribution in [0.2, 0.25) is 0 Å². The van der Waals surface area contributed by atoms with E-state index in [0.717, 1.165) is 24.8 Å². The lowest BCUT2D eigenvalue weighted by Gasteiger charge is -2.17. The Hall–Kier alpha value is -2.76. The van der Waals surface area contributed by atoms with Crippen molar-refractivity contribution in [2.24, 2.45) is 5.41 Å². The molecule has 3 N–H and O–H groups in total. The number of aryl methyl sites for hydroxylation is 1. The maximum Gasteiger partial charge on any atom is 0.490 e. The highest BCUT2D eigenvalue weighted by Crippen LogP contribution is 2.54. The molecule has 1 aliphatic carbocycles. The molecule has 1 aromatic heterocycles. The Balaban J connectivity index is 0.000000454. The zero-order valence-electron chi connectivity index (χ0n) is 19.6. The van der Waals surface area contributed by atoms with Gasteiger partial charge in [0.25, 0.3) is 0 Å². The Morgan fingerprint density at radius 2 is 2.00 bits per heavy atom. The summed E-state index contributed by atoms with van der Waals surface area (Å²) in [6.45, 7) is 7.00. The second-order valence-corrected chi connectivity index (χ2v) is 9.75. The number of carbonyl (C=O) groups is 2. The largest absolute Gasteiger partial charge is 0.490 e. The first-order chi connectivity index (χ1) is 16.9. The molecule has 3 atom stereocenters. The van der Waals surface area contributed by atoms with Crippen molar-refractivity contribution < 1.29 is 32.6 Å². The van der Waals surface area contributed by atoms with Crippen molar-refractivity contribution >= 4 is 33.6 Å². The number of allylic oxidation sites excluding steroid dienone is 1. The maximum absolute atomic E-state index is 12.7. The number of anilines is 1. The molecule has 2 fully saturated rings. The van der Waals surface area contributed by atoms with Crippen LogP contribution in [0.15, 0.2) is 53.7 Å². The average molecular weight is 570 g/mol. The number of hydrogen-bond donors (Lipinski definition) is 3. The summed E-state index contributed by atoms with van der Waals surface area (Å²) >= 11 is 3.36. The molecule has 1 saturated carbocycles. The molecule has 0 unspecified atom stereocenters. The van der Waals surface area contributed by atoms with Gasteiger partial charge in [-0.1, -0.05) is 36.4 Å². The molecule has 7 nitrogen and oxygen atoms in total. The van der Waals surface area contributed by atoms with Crippen molar-refractivity contribution in [1.29, 1.82) is 0 Å². The highest BCUT2D eigenvalue weighted by molar-refractivity contribution is 9.10. The van der Waals surface area contributed by atoms with Gasteiger partial charge in [-0.25, -0.2) is 9.78 Å². The summed E-state index contributed by atoms with van der Waals surface area (Å²) in [4.78, 5) is 26.0. The van der Waals surface area contributed by atoms with E-state index >= 15 is 0 Å². The van der Waals surface area contributed by atoms with E-state index in [-0.39, 0.29) is 17.4 Å². The number of pyridine rings is 1. The number of nitrogens with one attached hydrogen (secondary N) is 2. The van der Waals surface area contributed by atoms with Crippen molar-refractivity contribution in [1.82, 2.24) is 10.3 Å². The standard InChI is InChI=1S/C23H26BrN3O2.C2HF3O2/c1-3-5-16-6-4-7-17(10-16)13-29-14-23-11-18(25-19(23)12-23)22(28)27-21-15(2)8-9-20(24)26-21;3-2(4,5)1(6)7/h3-4,6-10,18-19,25H,1,5,11-14H2,2H3,(H,26,27,28);(H,6,7)/t18-,19+,23-;/m0./s1. The number of halogens is 4. The van der Waals surface area contributed by atoms with Gasteiger partial charge in [0, 0.05) is 11.5 Å². The predicted molar refractivity (Wildman–Crippen MR) is 131 cm³/mol. The second-order valence-electron chi connectivity index (χ2n) is 8.94. The van der Waals surface area contributed by atoms with E-state index in [1.165, 1.54) is 11.1 Å². The van der Waals surface area contributed by atoms with Gasteiger partial charge in [-0.05, 0) is 64.9 Å². The van der Waals surface area contributed by atoms with Gasteiger partial charge in [0.2, 0.25) is 5.91 Å². The van der Waals surface area contributed by atoms with E-state index in [2.05, 4.69) is 62.4 Å². The zero-order valence-corrected chi connectivity index (χ0v) is 21.2. The first-order valence-corrected chi connectivity index (χ1v) is 12.0. The van der Waals surface area contributed by atoms with Crippen LogP contribution in [0.5, 0.6) is 0 Å². The topological polar surface area (TPSA) is 101 Å². The molecule has 0 radical (unpaired) electrons. The number of aromatic nitrogens is 1. The van der Waals surface area contributed by atoms with Crippen molar-refractivity contribution in [3.05, 3.63) is 70.3 Å². The number of amides is 1. The number of carboxylic acids is 1. The summed E-state index contributed by atoms with van der Waals surface area (Å²) < 4.78 is 38.5. The summed E-state index contributed by atoms with van der Waals surface area (Å²) in [5.74, 6) is -2.17. The number of fused-ring (bicyclic) bond motifs is 1. The Labute approximate surface area is 215 Å². The van der Waals surface area contributed by atoms with Crippen LogP contribution in [-0.2, 0) is 27.4 Å². The molecule has 36 heavy (non-hydrogen) atoms. The molecular weight excluding hydrogens is 543 g/mol. The SMILES string of the molecule is C=CCc1cccc(COC[C@@]23C[C@@H](C(=O)Nc4nc(Br)ccc4C)N[C@@H]2C3)c1.O=C(O)C(F)(F)F. The van der Waals surface area contributed by atoms with Crippen molar-refractivity contribution in [3.8, 4) is 0 Å². The van der Waals surface area contributed by atoms with E-state index in [1.54, 1.807) is 0 Å². The molecule has 1 aliphatic heterocycles. The molecule has 1 amide bonds. The fourth-order valence-corrected chi connectivity index (χ4v) is 4.43. The summed E-state index contributed by atoms with van der Waals surface area (Å²) in [6.07, 6.45) is -0.435. The minimum Gasteiger partial charge on any atom is -0.475 e. The number of benzene rings is 1. The normalized spacial score (nSPS) is 22.1. The molecule has 0 bridgehead atoms. The number of piperidine rings is 1. The molecule has 2 heterocycles. The van der Waals surface area contributed by atoms with Gasteiger partial charge in [0.15, 0.2) is 0 Å². The third-order valence-corrected chi connectivity index (χ3v) is 6.54. The quantitative estimate of drug-likeness (QED) is 0.312. The maximum atomic E-state index is 12.7. The molecule has 2 aliphatic rings. The fourth-order valence-electron chi connectivity index (χ4n) is 4.12. The third-order valence-electron chi connectivity index (χ3n) is 6.10. The molecule has 1 aromatic carbocycles. The molecule has 194 valence electrons. The van der Waals surface area contributed by atoms with Crippen LogP contribution in [0.3, 0.4) is 0 Å². The van der Waals surface area contributed by atoms with Crippen LogP contribution in [0.1, 0.15) is 29.5 Å². The van der Waals surface area contributed by atoms with Crippen LogP contribution in [0.25, 0.3) is 0 Å². The van der Waals surface area contributed by atoms with Gasteiger partial charge in [-0.3, -0.25) is 4.79 Å². The van der Waals surface area contributed by atoms with E-state index < -0.39 is 12.1 Å². The summed E-state index contributed by atoms with van der Waals surface area (Å²) in [7, 11) is 0. The molecule has 4 rings (SSSR count). The highest BCUT2D eigenvalue weighted by Gasteiger charge is 2.61. The van der Waals surface area contributed by atoms with Gasteiger partial charge in [-0.2, -0.15) is 13.2 Å². The van der Waals surface area contributed by atoms with Crippen LogP contribution in [0.4, 0.5) is 19.0 Å². The Kier molecular flexibility index (Phi) is 8.91. The second kappa shape index (κ2) is 11.5.